The maximum Gasteiger partial charge on any atom is 0.341 e. The van der Waals surface area contributed by atoms with Crippen LogP contribution in [0.2, 0.25) is 0 Å². The minimum absolute atomic E-state index is 0.178. The Hall–Kier alpha value is -3.56. The zero-order chi connectivity index (χ0) is 23.2. The van der Waals surface area contributed by atoms with E-state index in [1.165, 1.54) is 12.1 Å². The van der Waals surface area contributed by atoms with Crippen LogP contribution in [0, 0.1) is 23.7 Å². The van der Waals surface area contributed by atoms with Crippen molar-refractivity contribution in [3.05, 3.63) is 82.7 Å². The number of carboxylic acid groups (broad SMARTS) is 1. The van der Waals surface area contributed by atoms with E-state index < -0.39 is 27.1 Å². The number of aliphatic carboxylic acids is 1. The second-order valence-corrected chi connectivity index (χ2v) is 10.2. The first kappa shape index (κ1) is 23.1. The number of methoxy groups -OCH3 is 1. The molecule has 0 aliphatic rings. The second-order valence-electron chi connectivity index (χ2n) is 6.64. The minimum Gasteiger partial charge on any atom is -0.497 e. The molecule has 2 aromatic carbocycles. The number of rotatable bonds is 5. The standard InChI is InChI=1S/C24H19NO5S2/c1-30-20-12-9-19(10-13-20)11-14-21-15-16-22(31-21)32(28,29)24(25,23(26)27)17-5-8-18-6-3-2-4-7-18/h2-4,6-7,9-10,12-13,15-16H,17,25H2,1H3,(H,26,27). The van der Waals surface area contributed by atoms with Crippen molar-refractivity contribution in [2.45, 2.75) is 15.5 Å². The Bertz CT molecular complexity index is 1340. The van der Waals surface area contributed by atoms with E-state index in [1.807, 2.05) is 6.07 Å². The Morgan fingerprint density at radius 2 is 1.66 bits per heavy atom. The van der Waals surface area contributed by atoms with Crippen molar-refractivity contribution in [1.82, 2.24) is 0 Å². The maximum absolute atomic E-state index is 13.1. The van der Waals surface area contributed by atoms with Crippen LogP contribution in [0.1, 0.15) is 22.4 Å². The summed E-state index contributed by atoms with van der Waals surface area (Å²) in [5.41, 5.74) is 7.24. The number of hydrogen-bond acceptors (Lipinski definition) is 6. The molecule has 0 aliphatic heterocycles. The predicted molar refractivity (Wildman–Crippen MR) is 123 cm³/mol. The van der Waals surface area contributed by atoms with Gasteiger partial charge < -0.3 is 15.6 Å². The van der Waals surface area contributed by atoms with Gasteiger partial charge in [0.2, 0.25) is 14.7 Å². The molecule has 3 aromatic rings. The molecule has 0 saturated carbocycles. The molecular formula is C24H19NO5S2. The third-order valence-corrected chi connectivity index (χ3v) is 8.11. The molecule has 1 atom stereocenters. The fourth-order valence-electron chi connectivity index (χ4n) is 2.60. The number of carboxylic acids is 1. The fourth-order valence-corrected chi connectivity index (χ4v) is 5.45. The second kappa shape index (κ2) is 9.71. The lowest BCUT2D eigenvalue weighted by molar-refractivity contribution is -0.139. The first-order valence-corrected chi connectivity index (χ1v) is 11.6. The third-order valence-electron chi connectivity index (χ3n) is 4.47. The van der Waals surface area contributed by atoms with Crippen LogP contribution in [0.5, 0.6) is 5.75 Å². The van der Waals surface area contributed by atoms with Crippen LogP contribution in [0.4, 0.5) is 0 Å². The lowest BCUT2D eigenvalue weighted by Crippen LogP contribution is -2.54. The molecule has 3 rings (SSSR count). The van der Waals surface area contributed by atoms with Crippen LogP contribution in [0.15, 0.2) is 70.9 Å². The van der Waals surface area contributed by atoms with Crippen LogP contribution in [-0.4, -0.2) is 31.5 Å². The first-order valence-electron chi connectivity index (χ1n) is 9.33. The number of sulfone groups is 1. The lowest BCUT2D eigenvalue weighted by Gasteiger charge is -2.21. The molecule has 0 saturated heterocycles. The van der Waals surface area contributed by atoms with E-state index in [-0.39, 0.29) is 4.21 Å². The quantitative estimate of drug-likeness (QED) is 0.561. The highest BCUT2D eigenvalue weighted by molar-refractivity contribution is 7.95. The molecule has 0 fully saturated rings. The van der Waals surface area contributed by atoms with E-state index in [2.05, 4.69) is 23.7 Å². The van der Waals surface area contributed by atoms with E-state index >= 15 is 0 Å². The highest BCUT2D eigenvalue weighted by atomic mass is 32.2. The molecule has 0 spiro atoms. The van der Waals surface area contributed by atoms with Gasteiger partial charge >= 0.3 is 5.97 Å². The molecule has 0 bridgehead atoms. The molecule has 6 nitrogen and oxygen atoms in total. The average molecular weight is 466 g/mol. The van der Waals surface area contributed by atoms with Gasteiger partial charge in [0.25, 0.3) is 0 Å². The molecule has 1 unspecified atom stereocenters. The van der Waals surface area contributed by atoms with Gasteiger partial charge in [-0.2, -0.15) is 0 Å². The smallest absolute Gasteiger partial charge is 0.341 e. The van der Waals surface area contributed by atoms with Crippen molar-refractivity contribution < 1.29 is 23.1 Å². The summed E-state index contributed by atoms with van der Waals surface area (Å²) in [6.45, 7) is 0. The first-order chi connectivity index (χ1) is 15.3. The molecule has 1 aromatic heterocycles. The Kier molecular flexibility index (Phi) is 7.01. The van der Waals surface area contributed by atoms with Crippen LogP contribution >= 0.6 is 11.3 Å². The zero-order valence-corrected chi connectivity index (χ0v) is 18.7. The predicted octanol–water partition coefficient (Wildman–Crippen LogP) is 3.11. The summed E-state index contributed by atoms with van der Waals surface area (Å²) in [4.78, 5) is 9.73. The number of benzene rings is 2. The van der Waals surface area contributed by atoms with E-state index in [4.69, 9.17) is 10.5 Å². The molecule has 3 N–H and O–H groups in total. The highest BCUT2D eigenvalue weighted by Gasteiger charge is 2.48. The summed E-state index contributed by atoms with van der Waals surface area (Å²) in [5, 5.41) is 9.62. The molecule has 0 aliphatic carbocycles. The Labute approximate surface area is 190 Å². The van der Waals surface area contributed by atoms with Gasteiger partial charge in [-0.1, -0.05) is 41.9 Å². The topological polar surface area (TPSA) is 107 Å². The van der Waals surface area contributed by atoms with Crippen molar-refractivity contribution >= 4 is 27.1 Å². The number of ether oxygens (including phenoxy) is 1. The summed E-state index contributed by atoms with van der Waals surface area (Å²) in [6, 6.07) is 18.7. The molecule has 8 heteroatoms. The zero-order valence-electron chi connectivity index (χ0n) is 17.0. The number of nitrogens with two attached hydrogens (primary N) is 1. The lowest BCUT2D eigenvalue weighted by atomic mass is 10.2. The SMILES string of the molecule is COc1ccc(C#Cc2ccc(S(=O)(=O)C(N)(CC#Cc3ccccc3)C(=O)O)s2)cc1. The minimum atomic E-state index is -4.42. The van der Waals surface area contributed by atoms with Gasteiger partial charge in [-0.05, 0) is 48.5 Å². The van der Waals surface area contributed by atoms with E-state index in [9.17, 15) is 18.3 Å². The van der Waals surface area contributed by atoms with Crippen LogP contribution in [0.25, 0.3) is 0 Å². The summed E-state index contributed by atoms with van der Waals surface area (Å²) in [7, 11) is -2.85. The molecule has 162 valence electrons. The Morgan fingerprint density at radius 1 is 1.00 bits per heavy atom. The number of hydrogen-bond donors (Lipinski definition) is 2. The van der Waals surface area contributed by atoms with Gasteiger partial charge in [-0.15, -0.1) is 11.3 Å². The van der Waals surface area contributed by atoms with Crippen molar-refractivity contribution in [2.75, 3.05) is 7.11 Å². The Morgan fingerprint density at radius 3 is 2.28 bits per heavy atom. The largest absolute Gasteiger partial charge is 0.497 e. The van der Waals surface area contributed by atoms with Gasteiger partial charge in [-0.3, -0.25) is 0 Å². The van der Waals surface area contributed by atoms with E-state index in [0.717, 1.165) is 16.9 Å². The van der Waals surface area contributed by atoms with Gasteiger partial charge in [0.05, 0.1) is 18.4 Å². The molecular weight excluding hydrogens is 446 g/mol. The highest BCUT2D eigenvalue weighted by Crippen LogP contribution is 2.30. The molecule has 0 radical (unpaired) electrons. The van der Waals surface area contributed by atoms with Crippen molar-refractivity contribution in [2.24, 2.45) is 5.73 Å². The van der Waals surface area contributed by atoms with E-state index in [0.29, 0.717) is 16.2 Å². The molecule has 1 heterocycles. The summed E-state index contributed by atoms with van der Waals surface area (Å²) in [5.74, 6) is 10.2. The summed E-state index contributed by atoms with van der Waals surface area (Å²) >= 11 is 0.863. The summed E-state index contributed by atoms with van der Waals surface area (Å²) < 4.78 is 31.1. The number of thiophene rings is 1. The van der Waals surface area contributed by atoms with Gasteiger partial charge in [-0.25, -0.2) is 13.2 Å². The average Bonchev–Trinajstić information content (AvgIpc) is 3.28. The summed E-state index contributed by atoms with van der Waals surface area (Å²) in [6.07, 6.45) is -0.565. The van der Waals surface area contributed by atoms with Crippen molar-refractivity contribution in [1.29, 1.82) is 0 Å². The van der Waals surface area contributed by atoms with Crippen molar-refractivity contribution in [3.8, 4) is 29.4 Å². The normalized spacial score (nSPS) is 12.4. The van der Waals surface area contributed by atoms with Crippen LogP contribution in [-0.2, 0) is 14.6 Å². The van der Waals surface area contributed by atoms with Crippen LogP contribution in [0.3, 0.4) is 0 Å². The van der Waals surface area contributed by atoms with Crippen molar-refractivity contribution in [3.63, 3.8) is 0 Å². The number of carbonyl (C=O) groups is 1. The molecule has 32 heavy (non-hydrogen) atoms. The Balaban J connectivity index is 1.85. The monoisotopic (exact) mass is 465 g/mol. The fraction of sp³-hybridized carbons (Fsp3) is 0.125. The molecule has 0 amide bonds. The maximum atomic E-state index is 13.1. The van der Waals surface area contributed by atoms with Gasteiger partial charge in [0, 0.05) is 11.1 Å². The third kappa shape index (κ3) is 5.01. The van der Waals surface area contributed by atoms with Crippen LogP contribution < -0.4 is 10.5 Å². The van der Waals surface area contributed by atoms with Gasteiger partial charge in [0.15, 0.2) is 0 Å². The van der Waals surface area contributed by atoms with Gasteiger partial charge in [0.1, 0.15) is 9.96 Å². The van der Waals surface area contributed by atoms with E-state index in [1.54, 1.807) is 55.6 Å².